The summed E-state index contributed by atoms with van der Waals surface area (Å²) < 4.78 is 0. The first-order valence-corrected chi connectivity index (χ1v) is 7.10. The van der Waals surface area contributed by atoms with Gasteiger partial charge in [-0.1, -0.05) is 29.3 Å². The van der Waals surface area contributed by atoms with Crippen molar-refractivity contribution in [2.24, 2.45) is 0 Å². The van der Waals surface area contributed by atoms with E-state index < -0.39 is 0 Å². The summed E-state index contributed by atoms with van der Waals surface area (Å²) >= 11 is 0. The Morgan fingerprint density at radius 3 is 2.10 bits per heavy atom. The largest absolute Gasteiger partial charge is 0.387 e. The molecule has 0 atom stereocenters. The summed E-state index contributed by atoms with van der Waals surface area (Å²) in [6, 6.07) is 9.99. The molecule has 2 rings (SSSR count). The van der Waals surface area contributed by atoms with Crippen LogP contribution in [0.2, 0.25) is 0 Å². The van der Waals surface area contributed by atoms with Gasteiger partial charge in [0, 0.05) is 18.4 Å². The third kappa shape index (κ3) is 3.24. The van der Waals surface area contributed by atoms with E-state index >= 15 is 0 Å². The third-order valence-electron chi connectivity index (χ3n) is 3.60. The molecule has 2 aromatic carbocycles. The molecule has 110 valence electrons. The molecule has 0 saturated carbocycles. The van der Waals surface area contributed by atoms with Crippen molar-refractivity contribution in [3.8, 4) is 0 Å². The summed E-state index contributed by atoms with van der Waals surface area (Å²) in [5.41, 5.74) is 6.83. The van der Waals surface area contributed by atoms with Gasteiger partial charge < -0.3 is 10.6 Å². The lowest BCUT2D eigenvalue weighted by Crippen LogP contribution is -2.16. The molecule has 0 aliphatic heterocycles. The minimum atomic E-state index is -0.0851. The van der Waals surface area contributed by atoms with Gasteiger partial charge >= 0.3 is 0 Å². The van der Waals surface area contributed by atoms with E-state index in [1.807, 2.05) is 46.0 Å². The monoisotopic (exact) mass is 282 g/mol. The fraction of sp³-hybridized carbons (Fsp3) is 0.278. The lowest BCUT2D eigenvalue weighted by molar-refractivity contribution is 0.102. The number of hydrogen-bond donors (Lipinski definition) is 2. The molecule has 0 saturated heterocycles. The Morgan fingerprint density at radius 2 is 1.52 bits per heavy atom. The minimum Gasteiger partial charge on any atom is -0.387 e. The van der Waals surface area contributed by atoms with Crippen molar-refractivity contribution in [3.05, 3.63) is 58.1 Å². The van der Waals surface area contributed by atoms with Gasteiger partial charge in [-0.2, -0.15) is 0 Å². The number of nitrogens with one attached hydrogen (secondary N) is 2. The van der Waals surface area contributed by atoms with Crippen LogP contribution in [0.5, 0.6) is 0 Å². The molecule has 0 aromatic heterocycles. The molecule has 0 bridgehead atoms. The van der Waals surface area contributed by atoms with Crippen LogP contribution in [-0.2, 0) is 0 Å². The van der Waals surface area contributed by atoms with Gasteiger partial charge in [0.05, 0.1) is 5.56 Å². The van der Waals surface area contributed by atoms with Crippen molar-refractivity contribution in [1.82, 2.24) is 0 Å². The zero-order valence-electron chi connectivity index (χ0n) is 13.3. The maximum atomic E-state index is 12.6. The minimum absolute atomic E-state index is 0.0851. The van der Waals surface area contributed by atoms with Crippen LogP contribution in [0, 0.1) is 27.7 Å². The highest BCUT2D eigenvalue weighted by Gasteiger charge is 2.13. The SMILES string of the molecule is CNc1ccc(C)cc1C(=O)Nc1c(C)cc(C)cc1C. The molecule has 2 N–H and O–H groups in total. The van der Waals surface area contributed by atoms with E-state index in [0.29, 0.717) is 5.56 Å². The van der Waals surface area contributed by atoms with Crippen LogP contribution in [0.1, 0.15) is 32.6 Å². The number of benzene rings is 2. The Bertz CT molecular complexity index is 667. The fourth-order valence-electron chi connectivity index (χ4n) is 2.62. The van der Waals surface area contributed by atoms with Crippen LogP contribution in [-0.4, -0.2) is 13.0 Å². The topological polar surface area (TPSA) is 41.1 Å². The van der Waals surface area contributed by atoms with Gasteiger partial charge in [0.25, 0.3) is 5.91 Å². The molecular weight excluding hydrogens is 260 g/mol. The Kier molecular flexibility index (Phi) is 4.32. The number of hydrogen-bond acceptors (Lipinski definition) is 2. The zero-order valence-corrected chi connectivity index (χ0v) is 13.3. The average Bonchev–Trinajstić information content (AvgIpc) is 2.42. The smallest absolute Gasteiger partial charge is 0.257 e. The fourth-order valence-corrected chi connectivity index (χ4v) is 2.62. The van der Waals surface area contributed by atoms with Crippen LogP contribution < -0.4 is 10.6 Å². The second-order valence-corrected chi connectivity index (χ2v) is 5.53. The van der Waals surface area contributed by atoms with E-state index in [1.165, 1.54) is 5.56 Å². The summed E-state index contributed by atoms with van der Waals surface area (Å²) in [6.45, 7) is 8.08. The van der Waals surface area contributed by atoms with Crippen LogP contribution in [0.4, 0.5) is 11.4 Å². The van der Waals surface area contributed by atoms with Gasteiger partial charge in [-0.25, -0.2) is 0 Å². The first-order valence-electron chi connectivity index (χ1n) is 7.10. The molecule has 0 aliphatic rings. The number of amides is 1. The van der Waals surface area contributed by atoms with Gasteiger partial charge in [-0.05, 0) is 51.0 Å². The summed E-state index contributed by atoms with van der Waals surface area (Å²) in [5, 5.41) is 6.11. The van der Waals surface area contributed by atoms with E-state index in [-0.39, 0.29) is 5.91 Å². The predicted molar refractivity (Wildman–Crippen MR) is 89.3 cm³/mol. The number of aryl methyl sites for hydroxylation is 4. The maximum absolute atomic E-state index is 12.6. The van der Waals surface area contributed by atoms with Crippen LogP contribution in [0.15, 0.2) is 30.3 Å². The van der Waals surface area contributed by atoms with Crippen LogP contribution in [0.25, 0.3) is 0 Å². The standard InChI is InChI=1S/C18H22N2O/c1-11-6-7-16(19-5)15(10-11)18(21)20-17-13(3)8-12(2)9-14(17)4/h6-10,19H,1-5H3,(H,20,21). The predicted octanol–water partition coefficient (Wildman–Crippen LogP) is 4.21. The second kappa shape index (κ2) is 6.00. The number of carbonyl (C=O) groups is 1. The highest BCUT2D eigenvalue weighted by molar-refractivity contribution is 6.08. The molecule has 21 heavy (non-hydrogen) atoms. The Balaban J connectivity index is 2.37. The van der Waals surface area contributed by atoms with Gasteiger partial charge in [0.1, 0.15) is 0 Å². The maximum Gasteiger partial charge on any atom is 0.257 e. The average molecular weight is 282 g/mol. The first-order chi connectivity index (χ1) is 9.92. The molecule has 0 aliphatic carbocycles. The molecule has 3 heteroatoms. The van der Waals surface area contributed by atoms with E-state index in [2.05, 4.69) is 29.7 Å². The quantitative estimate of drug-likeness (QED) is 0.885. The third-order valence-corrected chi connectivity index (χ3v) is 3.60. The number of carbonyl (C=O) groups excluding carboxylic acids is 1. The lowest BCUT2D eigenvalue weighted by Gasteiger charge is -2.15. The Hall–Kier alpha value is -2.29. The number of rotatable bonds is 3. The van der Waals surface area contributed by atoms with Crippen LogP contribution in [0.3, 0.4) is 0 Å². The summed E-state index contributed by atoms with van der Waals surface area (Å²) in [4.78, 5) is 12.6. The molecule has 0 heterocycles. The van der Waals surface area contributed by atoms with Crippen molar-refractivity contribution < 1.29 is 4.79 Å². The molecule has 0 fully saturated rings. The zero-order chi connectivity index (χ0) is 15.6. The Morgan fingerprint density at radius 1 is 0.905 bits per heavy atom. The van der Waals surface area contributed by atoms with Gasteiger partial charge in [0.15, 0.2) is 0 Å². The highest BCUT2D eigenvalue weighted by atomic mass is 16.1. The Labute approximate surface area is 126 Å². The normalized spacial score (nSPS) is 10.3. The van der Waals surface area contributed by atoms with E-state index in [0.717, 1.165) is 28.1 Å². The lowest BCUT2D eigenvalue weighted by atomic mass is 10.0. The van der Waals surface area contributed by atoms with Crippen molar-refractivity contribution in [1.29, 1.82) is 0 Å². The number of anilines is 2. The molecule has 0 unspecified atom stereocenters. The van der Waals surface area contributed by atoms with Crippen molar-refractivity contribution in [3.63, 3.8) is 0 Å². The second-order valence-electron chi connectivity index (χ2n) is 5.53. The van der Waals surface area contributed by atoms with Gasteiger partial charge in [0.2, 0.25) is 0 Å². The van der Waals surface area contributed by atoms with Crippen molar-refractivity contribution in [2.45, 2.75) is 27.7 Å². The molecule has 2 aromatic rings. The van der Waals surface area contributed by atoms with Gasteiger partial charge in [-0.15, -0.1) is 0 Å². The summed E-state index contributed by atoms with van der Waals surface area (Å²) in [7, 11) is 1.82. The highest BCUT2D eigenvalue weighted by Crippen LogP contribution is 2.24. The van der Waals surface area contributed by atoms with E-state index in [9.17, 15) is 4.79 Å². The van der Waals surface area contributed by atoms with Gasteiger partial charge in [-0.3, -0.25) is 4.79 Å². The molecule has 0 radical (unpaired) electrons. The first kappa shape index (κ1) is 15.1. The summed E-state index contributed by atoms with van der Waals surface area (Å²) in [5.74, 6) is -0.0851. The van der Waals surface area contributed by atoms with E-state index in [4.69, 9.17) is 0 Å². The molecule has 3 nitrogen and oxygen atoms in total. The molecular formula is C18H22N2O. The van der Waals surface area contributed by atoms with Crippen LogP contribution >= 0.6 is 0 Å². The summed E-state index contributed by atoms with van der Waals surface area (Å²) in [6.07, 6.45) is 0. The van der Waals surface area contributed by atoms with Crippen molar-refractivity contribution >= 4 is 17.3 Å². The molecule has 0 spiro atoms. The van der Waals surface area contributed by atoms with Crippen molar-refractivity contribution in [2.75, 3.05) is 17.7 Å². The van der Waals surface area contributed by atoms with E-state index in [1.54, 1.807) is 0 Å². The molecule has 1 amide bonds.